The van der Waals surface area contributed by atoms with Crippen LogP contribution in [0.5, 0.6) is 0 Å². The molecule has 46 heavy (non-hydrogen) atoms. The molecule has 0 spiro atoms. The lowest BCUT2D eigenvalue weighted by Gasteiger charge is -2.48. The number of aliphatic hydroxyl groups excluding tert-OH is 1. The fourth-order valence-corrected chi connectivity index (χ4v) is 7.10. The topological polar surface area (TPSA) is 122 Å². The minimum Gasteiger partial charge on any atom is -0.397 e. The number of carbonyl (C=O) groups is 1. The summed E-state index contributed by atoms with van der Waals surface area (Å²) in [6.45, 7) is 9.77. The molecule has 0 radical (unpaired) electrons. The van der Waals surface area contributed by atoms with E-state index >= 15 is 8.78 Å². The normalized spacial score (nSPS) is 18.8. The van der Waals surface area contributed by atoms with Crippen LogP contribution in [0.1, 0.15) is 43.2 Å². The van der Waals surface area contributed by atoms with Gasteiger partial charge in [-0.15, -0.1) is 0 Å². The number of aromatic nitrogens is 1. The van der Waals surface area contributed by atoms with Crippen LogP contribution in [0, 0.1) is 24.0 Å². The monoisotopic (exact) mass is 691 g/mol. The Hall–Kier alpha value is -3.64. The summed E-state index contributed by atoms with van der Waals surface area (Å²) in [6.07, 6.45) is 2.27. The molecule has 3 unspecified atom stereocenters. The van der Waals surface area contributed by atoms with Crippen LogP contribution < -0.4 is 16.0 Å². The molecule has 0 saturated carbocycles. The highest BCUT2D eigenvalue weighted by molar-refractivity contribution is 6.40. The molecule has 0 bridgehead atoms. The maximum absolute atomic E-state index is 17.3. The third kappa shape index (κ3) is 5.63. The van der Waals surface area contributed by atoms with Gasteiger partial charge in [-0.1, -0.05) is 41.4 Å². The van der Waals surface area contributed by atoms with E-state index in [1.165, 1.54) is 19.2 Å². The van der Waals surface area contributed by atoms with E-state index < -0.39 is 28.9 Å². The van der Waals surface area contributed by atoms with E-state index in [0.717, 1.165) is 6.07 Å². The summed E-state index contributed by atoms with van der Waals surface area (Å²) in [6, 6.07) is 2.24. The van der Waals surface area contributed by atoms with Gasteiger partial charge in [0.05, 0.1) is 55.2 Å². The van der Waals surface area contributed by atoms with Crippen LogP contribution in [0.4, 0.5) is 31.5 Å². The summed E-state index contributed by atoms with van der Waals surface area (Å²) in [4.78, 5) is 22.3. The molecule has 1 saturated heterocycles. The van der Waals surface area contributed by atoms with Crippen molar-refractivity contribution in [2.45, 2.75) is 45.4 Å². The lowest BCUT2D eigenvalue weighted by Crippen LogP contribution is -2.61. The number of amidine groups is 1. The van der Waals surface area contributed by atoms with Gasteiger partial charge in [0.15, 0.2) is 11.6 Å². The fraction of sp³-hybridized carbons (Fsp3) is 0.344. The summed E-state index contributed by atoms with van der Waals surface area (Å²) in [5.74, 6) is -2.31. The maximum atomic E-state index is 17.3. The van der Waals surface area contributed by atoms with Crippen molar-refractivity contribution < 1.29 is 18.7 Å². The third-order valence-electron chi connectivity index (χ3n) is 8.65. The molecule has 0 aliphatic carbocycles. The SMILES string of the molecule is C=CC(=O)N1CC2CCN(C)c3c(Cl)c(-c4c(N)c(Cl)cc(Cl)c4F)c(F)c(Nc4c(C)ccnc4C(C)O)c3C(=N)N2CC1C. The van der Waals surface area contributed by atoms with Gasteiger partial charge < -0.3 is 30.9 Å². The molecule has 3 aromatic rings. The average molecular weight is 693 g/mol. The predicted molar refractivity (Wildman–Crippen MR) is 181 cm³/mol. The predicted octanol–water partition coefficient (Wildman–Crippen LogP) is 6.93. The summed E-state index contributed by atoms with van der Waals surface area (Å²) in [7, 11) is 1.73. The molecule has 2 aromatic carbocycles. The van der Waals surface area contributed by atoms with Gasteiger partial charge in [0.2, 0.25) is 5.91 Å². The Morgan fingerprint density at radius 2 is 1.89 bits per heavy atom. The average Bonchev–Trinajstić information content (AvgIpc) is 3.01. The van der Waals surface area contributed by atoms with Crippen molar-refractivity contribution in [1.82, 2.24) is 14.8 Å². The van der Waals surface area contributed by atoms with Crippen molar-refractivity contribution in [2.75, 3.05) is 42.6 Å². The second-order valence-electron chi connectivity index (χ2n) is 11.6. The minimum absolute atomic E-state index is 0.0586. The Labute approximate surface area is 281 Å². The van der Waals surface area contributed by atoms with Crippen molar-refractivity contribution in [3.63, 3.8) is 0 Å². The first-order valence-electron chi connectivity index (χ1n) is 14.6. The number of benzene rings is 2. The first kappa shape index (κ1) is 33.7. The number of nitrogens with two attached hydrogens (primary N) is 1. The molecule has 244 valence electrons. The standard InChI is InChI=1S/C32H34Cl3F2N7O2/c1-6-20(46)43-13-17-8-10-42(5)31-23(32(39)44(17)12-15(43)3)30(41-28-14(2)7-9-40-29(28)16(4)45)26(37)21(24(31)35)22-25(36)18(33)11-19(34)27(22)38/h6-7,9,11,15-17,39,41,45H,1,8,10,12-13,38H2,2-5H3. The smallest absolute Gasteiger partial charge is 0.246 e. The molecule has 2 aliphatic heterocycles. The summed E-state index contributed by atoms with van der Waals surface area (Å²) in [5.41, 5.74) is 6.44. The highest BCUT2D eigenvalue weighted by atomic mass is 35.5. The van der Waals surface area contributed by atoms with Crippen molar-refractivity contribution in [3.05, 3.63) is 74.5 Å². The van der Waals surface area contributed by atoms with Crippen molar-refractivity contribution in [2.24, 2.45) is 0 Å². The number of nitrogen functional groups attached to an aromatic ring is 1. The molecule has 9 nitrogen and oxygen atoms in total. The zero-order valence-corrected chi connectivity index (χ0v) is 28.0. The molecule has 3 heterocycles. The van der Waals surface area contributed by atoms with Gasteiger partial charge in [0, 0.05) is 56.1 Å². The second kappa shape index (κ2) is 12.9. The van der Waals surface area contributed by atoms with Crippen LogP contribution in [0.15, 0.2) is 31.0 Å². The highest BCUT2D eigenvalue weighted by Gasteiger charge is 2.40. The van der Waals surface area contributed by atoms with Crippen LogP contribution in [-0.4, -0.2) is 70.4 Å². The second-order valence-corrected chi connectivity index (χ2v) is 12.8. The van der Waals surface area contributed by atoms with Gasteiger partial charge in [-0.05, 0) is 51.0 Å². The van der Waals surface area contributed by atoms with E-state index in [1.54, 1.807) is 29.8 Å². The molecule has 5 N–H and O–H groups in total. The molecule has 1 fully saturated rings. The van der Waals surface area contributed by atoms with Crippen LogP contribution in [0.3, 0.4) is 0 Å². The quantitative estimate of drug-likeness (QED) is 0.130. The lowest BCUT2D eigenvalue weighted by atomic mass is 9.93. The zero-order chi connectivity index (χ0) is 33.8. The van der Waals surface area contributed by atoms with E-state index in [4.69, 9.17) is 40.5 Å². The first-order valence-corrected chi connectivity index (χ1v) is 15.7. The van der Waals surface area contributed by atoms with Crippen molar-refractivity contribution >= 4 is 69.3 Å². The number of amides is 1. The van der Waals surface area contributed by atoms with Crippen molar-refractivity contribution in [1.29, 1.82) is 5.41 Å². The van der Waals surface area contributed by atoms with Crippen LogP contribution in [0.2, 0.25) is 15.1 Å². The summed E-state index contributed by atoms with van der Waals surface area (Å²) in [5, 5.41) is 22.6. The van der Waals surface area contributed by atoms with Gasteiger partial charge in [0.25, 0.3) is 0 Å². The summed E-state index contributed by atoms with van der Waals surface area (Å²) >= 11 is 19.5. The number of piperazine rings is 1. The molecule has 3 atom stereocenters. The van der Waals surface area contributed by atoms with E-state index in [0.29, 0.717) is 30.8 Å². The summed E-state index contributed by atoms with van der Waals surface area (Å²) < 4.78 is 33.1. The van der Waals surface area contributed by atoms with E-state index in [1.807, 2.05) is 11.8 Å². The molecule has 1 aromatic heterocycles. The van der Waals surface area contributed by atoms with E-state index in [-0.39, 0.29) is 73.8 Å². The van der Waals surface area contributed by atoms with Crippen molar-refractivity contribution in [3.8, 4) is 11.1 Å². The molecule has 2 aliphatic rings. The number of nitrogens with zero attached hydrogens (tertiary/aromatic N) is 4. The number of anilines is 4. The Bertz CT molecular complexity index is 1740. The minimum atomic E-state index is -1.04. The number of aryl methyl sites for hydroxylation is 1. The van der Waals surface area contributed by atoms with E-state index in [2.05, 4.69) is 16.9 Å². The van der Waals surface area contributed by atoms with Crippen LogP contribution in [-0.2, 0) is 4.79 Å². The van der Waals surface area contributed by atoms with Gasteiger partial charge >= 0.3 is 0 Å². The molecule has 14 heteroatoms. The van der Waals surface area contributed by atoms with Crippen LogP contribution in [0.25, 0.3) is 11.1 Å². The molecular formula is C32H34Cl3F2N7O2. The number of pyridine rings is 1. The number of hydrogen-bond donors (Lipinski definition) is 4. The number of rotatable bonds is 5. The van der Waals surface area contributed by atoms with Gasteiger partial charge in [0.1, 0.15) is 5.84 Å². The Morgan fingerprint density at radius 1 is 1.20 bits per heavy atom. The maximum Gasteiger partial charge on any atom is 0.246 e. The lowest BCUT2D eigenvalue weighted by molar-refractivity contribution is -0.131. The molecule has 5 rings (SSSR count). The first-order chi connectivity index (χ1) is 21.7. The largest absolute Gasteiger partial charge is 0.397 e. The highest BCUT2D eigenvalue weighted by Crippen LogP contribution is 2.51. The van der Waals surface area contributed by atoms with E-state index in [9.17, 15) is 15.3 Å². The Kier molecular flexibility index (Phi) is 9.43. The number of nitrogens with one attached hydrogen (secondary N) is 2. The van der Waals surface area contributed by atoms with Crippen LogP contribution >= 0.6 is 34.8 Å². The van der Waals surface area contributed by atoms with Gasteiger partial charge in [-0.25, -0.2) is 8.78 Å². The number of hydrogen-bond acceptors (Lipinski definition) is 7. The third-order valence-corrected chi connectivity index (χ3v) is 9.60. The number of fused-ring (bicyclic) bond motifs is 2. The zero-order valence-electron chi connectivity index (χ0n) is 25.7. The number of aliphatic hydroxyl groups is 1. The van der Waals surface area contributed by atoms with Gasteiger partial charge in [-0.2, -0.15) is 0 Å². The molecule has 1 amide bonds. The number of halogens is 5. The molecular weight excluding hydrogens is 659 g/mol. The Morgan fingerprint density at radius 3 is 2.54 bits per heavy atom. The Balaban J connectivity index is 1.84. The fourth-order valence-electron chi connectivity index (χ4n) is 6.22. The number of carbonyl (C=O) groups excluding carboxylic acids is 1. The van der Waals surface area contributed by atoms with Gasteiger partial charge in [-0.3, -0.25) is 15.2 Å².